The molecule has 0 saturated heterocycles. The van der Waals surface area contributed by atoms with Gasteiger partial charge < -0.3 is 9.63 Å². The van der Waals surface area contributed by atoms with Crippen molar-refractivity contribution in [1.82, 2.24) is 14.9 Å². The summed E-state index contributed by atoms with van der Waals surface area (Å²) in [5, 5.41) is 18.9. The van der Waals surface area contributed by atoms with Crippen molar-refractivity contribution >= 4 is 10.9 Å². The van der Waals surface area contributed by atoms with Crippen LogP contribution in [-0.4, -0.2) is 20.0 Å². The monoisotopic (exact) mass is 285 g/mol. The molecule has 1 N–H and O–H groups in total. The molecule has 3 rings (SSSR count). The molecule has 0 saturated carbocycles. The molecular formula is C15H15N3O3. The van der Waals surface area contributed by atoms with Crippen LogP contribution in [0.3, 0.4) is 0 Å². The molecule has 0 spiro atoms. The van der Waals surface area contributed by atoms with Gasteiger partial charge in [0.05, 0.1) is 23.7 Å². The van der Waals surface area contributed by atoms with Crippen LogP contribution in [0.4, 0.5) is 0 Å². The van der Waals surface area contributed by atoms with Crippen LogP contribution < -0.4 is 5.56 Å². The van der Waals surface area contributed by atoms with E-state index in [4.69, 9.17) is 4.52 Å². The number of fused-ring (bicyclic) bond motifs is 1. The predicted molar refractivity (Wildman–Crippen MR) is 76.9 cm³/mol. The number of hydrogen-bond donors (Lipinski definition) is 1. The number of hydrogen-bond acceptors (Lipinski definition) is 5. The third kappa shape index (κ3) is 2.34. The summed E-state index contributed by atoms with van der Waals surface area (Å²) in [6.07, 6.45) is -0.804. The first-order valence-electron chi connectivity index (χ1n) is 6.64. The molecule has 0 amide bonds. The minimum Gasteiger partial charge on any atom is -0.386 e. The molecule has 0 aliphatic carbocycles. The molecule has 1 aromatic carbocycles. The van der Waals surface area contributed by atoms with Gasteiger partial charge in [-0.15, -0.1) is 0 Å². The molecule has 0 fully saturated rings. The average Bonchev–Trinajstić information content (AvgIpc) is 2.88. The zero-order valence-electron chi connectivity index (χ0n) is 11.8. The first-order valence-corrected chi connectivity index (χ1v) is 6.64. The molecule has 6 heteroatoms. The van der Waals surface area contributed by atoms with E-state index >= 15 is 0 Å². The summed E-state index contributed by atoms with van der Waals surface area (Å²) < 4.78 is 6.29. The zero-order chi connectivity index (χ0) is 15.0. The SMILES string of the molecule is Cc1nn(CC(O)c2ccccc2)c(=O)c2noc(C)c12. The van der Waals surface area contributed by atoms with Gasteiger partial charge in [-0.2, -0.15) is 5.10 Å². The highest BCUT2D eigenvalue weighted by Crippen LogP contribution is 2.18. The molecule has 2 heterocycles. The molecule has 0 bridgehead atoms. The van der Waals surface area contributed by atoms with Crippen LogP contribution in [0, 0.1) is 13.8 Å². The van der Waals surface area contributed by atoms with Gasteiger partial charge in [0.1, 0.15) is 5.76 Å². The molecule has 6 nitrogen and oxygen atoms in total. The van der Waals surface area contributed by atoms with Crippen molar-refractivity contribution in [3.05, 3.63) is 57.7 Å². The third-order valence-electron chi connectivity index (χ3n) is 3.46. The van der Waals surface area contributed by atoms with Gasteiger partial charge in [-0.25, -0.2) is 4.68 Å². The second-order valence-electron chi connectivity index (χ2n) is 4.96. The second-order valence-corrected chi connectivity index (χ2v) is 4.96. The number of aryl methyl sites for hydroxylation is 2. The Morgan fingerprint density at radius 2 is 2.00 bits per heavy atom. The molecule has 108 valence electrons. The number of aromatic nitrogens is 3. The van der Waals surface area contributed by atoms with Crippen LogP contribution in [0.25, 0.3) is 10.9 Å². The predicted octanol–water partition coefficient (Wildman–Crippen LogP) is 1.73. The molecule has 1 atom stereocenters. The fourth-order valence-corrected chi connectivity index (χ4v) is 2.41. The van der Waals surface area contributed by atoms with E-state index < -0.39 is 6.10 Å². The summed E-state index contributed by atoms with van der Waals surface area (Å²) in [7, 11) is 0. The lowest BCUT2D eigenvalue weighted by Crippen LogP contribution is -2.27. The summed E-state index contributed by atoms with van der Waals surface area (Å²) in [6, 6.07) is 9.16. The Balaban J connectivity index is 2.02. The standard InChI is InChI=1S/C15H15N3O3/c1-9-13-10(2)21-17-14(13)15(20)18(16-9)8-12(19)11-6-4-3-5-7-11/h3-7,12,19H,8H2,1-2H3. The van der Waals surface area contributed by atoms with E-state index in [0.717, 1.165) is 5.56 Å². The van der Waals surface area contributed by atoms with Gasteiger partial charge in [-0.1, -0.05) is 35.5 Å². The van der Waals surface area contributed by atoms with Crippen LogP contribution in [0.1, 0.15) is 23.1 Å². The Labute approximate surface area is 120 Å². The first kappa shape index (κ1) is 13.5. The maximum absolute atomic E-state index is 12.3. The van der Waals surface area contributed by atoms with Crippen LogP contribution in [0.5, 0.6) is 0 Å². The molecule has 3 aromatic rings. The van der Waals surface area contributed by atoms with Gasteiger partial charge in [0.15, 0.2) is 5.52 Å². The quantitative estimate of drug-likeness (QED) is 0.792. The van der Waals surface area contributed by atoms with Gasteiger partial charge in [0.25, 0.3) is 5.56 Å². The van der Waals surface area contributed by atoms with Gasteiger partial charge >= 0.3 is 0 Å². The fraction of sp³-hybridized carbons (Fsp3) is 0.267. The van der Waals surface area contributed by atoms with Crippen molar-refractivity contribution in [3.8, 4) is 0 Å². The van der Waals surface area contributed by atoms with Gasteiger partial charge in [0.2, 0.25) is 0 Å². The van der Waals surface area contributed by atoms with Crippen molar-refractivity contribution < 1.29 is 9.63 Å². The third-order valence-corrected chi connectivity index (χ3v) is 3.46. The van der Waals surface area contributed by atoms with Crippen molar-refractivity contribution in [2.75, 3.05) is 0 Å². The fourth-order valence-electron chi connectivity index (χ4n) is 2.41. The summed E-state index contributed by atoms with van der Waals surface area (Å²) in [4.78, 5) is 12.3. The zero-order valence-corrected chi connectivity index (χ0v) is 11.8. The minimum atomic E-state index is -0.804. The minimum absolute atomic E-state index is 0.0749. The number of aliphatic hydroxyl groups excluding tert-OH is 1. The largest absolute Gasteiger partial charge is 0.386 e. The van der Waals surface area contributed by atoms with Crippen LogP contribution in [0.2, 0.25) is 0 Å². The number of rotatable bonds is 3. The Morgan fingerprint density at radius 3 is 2.71 bits per heavy atom. The van der Waals surface area contributed by atoms with Gasteiger partial charge in [0, 0.05) is 0 Å². The number of nitrogens with zero attached hydrogens (tertiary/aromatic N) is 3. The smallest absolute Gasteiger partial charge is 0.296 e. The molecule has 0 aliphatic heterocycles. The average molecular weight is 285 g/mol. The second kappa shape index (κ2) is 5.14. The Morgan fingerprint density at radius 1 is 1.29 bits per heavy atom. The maximum Gasteiger partial charge on any atom is 0.296 e. The van der Waals surface area contributed by atoms with Gasteiger partial charge in [-0.3, -0.25) is 4.79 Å². The highest BCUT2D eigenvalue weighted by Gasteiger charge is 2.17. The first-order chi connectivity index (χ1) is 10.1. The molecular weight excluding hydrogens is 270 g/mol. The van der Waals surface area contributed by atoms with E-state index in [-0.39, 0.29) is 17.6 Å². The molecule has 0 aliphatic rings. The van der Waals surface area contributed by atoms with Crippen molar-refractivity contribution in [3.63, 3.8) is 0 Å². The van der Waals surface area contributed by atoms with E-state index in [9.17, 15) is 9.90 Å². The number of benzene rings is 1. The normalized spacial score (nSPS) is 12.7. The van der Waals surface area contributed by atoms with E-state index in [2.05, 4.69) is 10.3 Å². The summed E-state index contributed by atoms with van der Waals surface area (Å²) in [5.41, 5.74) is 1.28. The highest BCUT2D eigenvalue weighted by molar-refractivity contribution is 5.81. The van der Waals surface area contributed by atoms with E-state index in [1.807, 2.05) is 18.2 Å². The van der Waals surface area contributed by atoms with E-state index in [1.54, 1.807) is 26.0 Å². The number of aliphatic hydroxyl groups is 1. The molecule has 1 unspecified atom stereocenters. The maximum atomic E-state index is 12.3. The van der Waals surface area contributed by atoms with Crippen LogP contribution >= 0.6 is 0 Å². The lowest BCUT2D eigenvalue weighted by molar-refractivity contribution is 0.149. The Kier molecular flexibility index (Phi) is 3.31. The van der Waals surface area contributed by atoms with E-state index in [0.29, 0.717) is 16.8 Å². The van der Waals surface area contributed by atoms with Crippen molar-refractivity contribution in [2.24, 2.45) is 0 Å². The van der Waals surface area contributed by atoms with Gasteiger partial charge in [-0.05, 0) is 19.4 Å². The molecule has 0 radical (unpaired) electrons. The topological polar surface area (TPSA) is 81.1 Å². The lowest BCUT2D eigenvalue weighted by Gasteiger charge is -2.12. The summed E-state index contributed by atoms with van der Waals surface area (Å²) >= 11 is 0. The Bertz CT molecular complexity index is 836. The lowest BCUT2D eigenvalue weighted by atomic mass is 10.1. The molecule has 21 heavy (non-hydrogen) atoms. The van der Waals surface area contributed by atoms with Crippen LogP contribution in [0.15, 0.2) is 39.6 Å². The highest BCUT2D eigenvalue weighted by atomic mass is 16.5. The summed E-state index contributed by atoms with van der Waals surface area (Å²) in [5.74, 6) is 0.572. The van der Waals surface area contributed by atoms with E-state index in [1.165, 1.54) is 4.68 Å². The van der Waals surface area contributed by atoms with Crippen LogP contribution in [-0.2, 0) is 6.54 Å². The molecule has 2 aromatic heterocycles. The van der Waals surface area contributed by atoms with Crippen molar-refractivity contribution in [1.29, 1.82) is 0 Å². The van der Waals surface area contributed by atoms with Crippen molar-refractivity contribution in [2.45, 2.75) is 26.5 Å². The summed E-state index contributed by atoms with van der Waals surface area (Å²) in [6.45, 7) is 3.61. The Hall–Kier alpha value is -2.47.